The van der Waals surface area contributed by atoms with E-state index in [1.807, 2.05) is 13.0 Å². The van der Waals surface area contributed by atoms with Crippen molar-refractivity contribution in [3.63, 3.8) is 0 Å². The third-order valence-corrected chi connectivity index (χ3v) is 3.63. The van der Waals surface area contributed by atoms with E-state index in [0.717, 1.165) is 16.8 Å². The number of fused-ring (bicyclic) bond motifs is 1. The highest BCUT2D eigenvalue weighted by Crippen LogP contribution is 2.12. The maximum Gasteiger partial charge on any atom is 0.263 e. The number of hydrogen-bond donors (Lipinski definition) is 2. The Labute approximate surface area is 126 Å². The van der Waals surface area contributed by atoms with Crippen LogP contribution in [-0.4, -0.2) is 25.7 Å². The van der Waals surface area contributed by atoms with Gasteiger partial charge < -0.3 is 9.88 Å². The second-order valence-corrected chi connectivity index (χ2v) is 5.01. The topological polar surface area (TPSA) is 92.7 Å². The molecule has 0 spiro atoms. The molecule has 0 aromatic carbocycles. The summed E-state index contributed by atoms with van der Waals surface area (Å²) in [6, 6.07) is 6.96. The van der Waals surface area contributed by atoms with Gasteiger partial charge in [0.05, 0.1) is 12.2 Å². The fourth-order valence-corrected chi connectivity index (χ4v) is 2.20. The number of carbonyl (C=O) groups excluding carboxylic acids is 1. The van der Waals surface area contributed by atoms with E-state index < -0.39 is 5.91 Å². The van der Waals surface area contributed by atoms with Gasteiger partial charge >= 0.3 is 0 Å². The van der Waals surface area contributed by atoms with Crippen molar-refractivity contribution in [1.82, 2.24) is 25.1 Å². The highest BCUT2D eigenvalue weighted by Gasteiger charge is 2.13. The maximum atomic E-state index is 12.2. The van der Waals surface area contributed by atoms with E-state index in [2.05, 4.69) is 20.5 Å². The molecule has 3 heterocycles. The highest BCUT2D eigenvalue weighted by molar-refractivity contribution is 5.94. The number of hydrogen-bond acceptors (Lipinski definition) is 4. The molecule has 1 amide bonds. The quantitative estimate of drug-likeness (QED) is 0.751. The largest absolute Gasteiger partial charge is 0.346 e. The average Bonchev–Trinajstić information content (AvgIpc) is 2.94. The van der Waals surface area contributed by atoms with Crippen LogP contribution < -0.4 is 10.9 Å². The van der Waals surface area contributed by atoms with Crippen molar-refractivity contribution < 1.29 is 4.79 Å². The number of H-pyrrole nitrogens is 1. The first-order valence-corrected chi connectivity index (χ1v) is 6.80. The lowest BCUT2D eigenvalue weighted by Gasteiger charge is -2.07. The second-order valence-electron chi connectivity index (χ2n) is 5.01. The zero-order valence-corrected chi connectivity index (χ0v) is 12.3. The number of aromatic amines is 1. The molecular formula is C15H15N5O2. The van der Waals surface area contributed by atoms with Crippen molar-refractivity contribution in [1.29, 1.82) is 0 Å². The third-order valence-electron chi connectivity index (χ3n) is 3.63. The summed E-state index contributed by atoms with van der Waals surface area (Å²) in [6.45, 7) is 2.06. The molecule has 3 rings (SSSR count). The monoisotopic (exact) mass is 297 g/mol. The first-order chi connectivity index (χ1) is 10.6. The van der Waals surface area contributed by atoms with Crippen LogP contribution in [0.25, 0.3) is 11.0 Å². The minimum atomic E-state index is -0.410. The minimum Gasteiger partial charge on any atom is -0.346 e. The number of nitrogens with zero attached hydrogens (tertiary/aromatic N) is 3. The Balaban J connectivity index is 1.81. The molecule has 22 heavy (non-hydrogen) atoms. The minimum absolute atomic E-state index is 0.120. The Morgan fingerprint density at radius 3 is 3.00 bits per heavy atom. The number of pyridine rings is 2. The number of rotatable bonds is 3. The zero-order valence-electron chi connectivity index (χ0n) is 12.3. The van der Waals surface area contributed by atoms with Gasteiger partial charge in [-0.1, -0.05) is 0 Å². The van der Waals surface area contributed by atoms with Crippen molar-refractivity contribution in [2.24, 2.45) is 7.05 Å². The van der Waals surface area contributed by atoms with E-state index in [1.54, 1.807) is 31.4 Å². The third kappa shape index (κ3) is 2.37. The molecule has 0 saturated carbocycles. The lowest BCUT2D eigenvalue weighted by Crippen LogP contribution is -2.32. The first kappa shape index (κ1) is 14.0. The molecule has 0 atom stereocenters. The number of amides is 1. The predicted molar refractivity (Wildman–Crippen MR) is 81.5 cm³/mol. The van der Waals surface area contributed by atoms with Gasteiger partial charge in [0.25, 0.3) is 11.5 Å². The molecule has 3 aromatic heterocycles. The summed E-state index contributed by atoms with van der Waals surface area (Å²) in [6.07, 6.45) is 1.65. The van der Waals surface area contributed by atoms with Gasteiger partial charge in [-0.25, -0.2) is 4.98 Å². The van der Waals surface area contributed by atoms with Crippen LogP contribution in [0.4, 0.5) is 0 Å². The normalized spacial score (nSPS) is 10.8. The molecule has 0 aliphatic heterocycles. The van der Waals surface area contributed by atoms with Crippen LogP contribution in [0.1, 0.15) is 21.7 Å². The van der Waals surface area contributed by atoms with Gasteiger partial charge in [0, 0.05) is 24.3 Å². The summed E-state index contributed by atoms with van der Waals surface area (Å²) in [4.78, 5) is 28.4. The van der Waals surface area contributed by atoms with E-state index in [9.17, 15) is 9.59 Å². The van der Waals surface area contributed by atoms with E-state index in [4.69, 9.17) is 0 Å². The van der Waals surface area contributed by atoms with Crippen molar-refractivity contribution in [3.8, 4) is 0 Å². The van der Waals surface area contributed by atoms with Gasteiger partial charge in [0.15, 0.2) is 5.65 Å². The van der Waals surface area contributed by atoms with Crippen molar-refractivity contribution in [2.75, 3.05) is 0 Å². The van der Waals surface area contributed by atoms with Gasteiger partial charge in [-0.05, 0) is 31.2 Å². The summed E-state index contributed by atoms with van der Waals surface area (Å²) in [5.41, 5.74) is 1.95. The predicted octanol–water partition coefficient (Wildman–Crippen LogP) is 0.895. The van der Waals surface area contributed by atoms with Gasteiger partial charge in [0.1, 0.15) is 5.56 Å². The van der Waals surface area contributed by atoms with Crippen molar-refractivity contribution in [3.05, 3.63) is 57.8 Å². The number of aryl methyl sites for hydroxylation is 1. The van der Waals surface area contributed by atoms with Crippen LogP contribution in [0.2, 0.25) is 0 Å². The standard InChI is InChI=1S/C15H15N5O2/c1-9-5-6-11(15(22)20(9)2)14(21)17-8-12-10-4-3-7-16-13(10)19-18-12/h3-7H,8H2,1-2H3,(H,17,21)(H,16,18,19). The SMILES string of the molecule is Cc1ccc(C(=O)NCc2[nH]nc3ncccc23)c(=O)n1C. The molecule has 7 nitrogen and oxygen atoms in total. The van der Waals surface area contributed by atoms with E-state index in [1.165, 1.54) is 4.57 Å². The Kier molecular flexibility index (Phi) is 3.46. The maximum absolute atomic E-state index is 12.2. The number of aromatic nitrogens is 4. The van der Waals surface area contributed by atoms with Gasteiger partial charge in [-0.15, -0.1) is 0 Å². The van der Waals surface area contributed by atoms with Crippen LogP contribution in [0.15, 0.2) is 35.3 Å². The molecule has 0 saturated heterocycles. The molecular weight excluding hydrogens is 282 g/mol. The number of nitrogens with one attached hydrogen (secondary N) is 2. The Hall–Kier alpha value is -2.96. The van der Waals surface area contributed by atoms with Gasteiger partial charge in [0.2, 0.25) is 0 Å². The van der Waals surface area contributed by atoms with Crippen LogP contribution in [0, 0.1) is 6.92 Å². The highest BCUT2D eigenvalue weighted by atomic mass is 16.2. The van der Waals surface area contributed by atoms with E-state index in [0.29, 0.717) is 5.65 Å². The number of carbonyl (C=O) groups is 1. The summed E-state index contributed by atoms with van der Waals surface area (Å²) in [7, 11) is 1.64. The first-order valence-electron chi connectivity index (χ1n) is 6.80. The van der Waals surface area contributed by atoms with E-state index in [-0.39, 0.29) is 17.7 Å². The summed E-state index contributed by atoms with van der Waals surface area (Å²) < 4.78 is 1.45. The molecule has 0 aliphatic rings. The lowest BCUT2D eigenvalue weighted by atomic mass is 10.2. The molecule has 0 aliphatic carbocycles. The zero-order chi connectivity index (χ0) is 15.7. The fraction of sp³-hybridized carbons (Fsp3) is 0.200. The molecule has 7 heteroatoms. The van der Waals surface area contributed by atoms with Crippen LogP contribution in [0.5, 0.6) is 0 Å². The summed E-state index contributed by atoms with van der Waals surface area (Å²) in [5.74, 6) is -0.410. The average molecular weight is 297 g/mol. The molecule has 2 N–H and O–H groups in total. The van der Waals surface area contributed by atoms with Crippen molar-refractivity contribution >= 4 is 16.9 Å². The van der Waals surface area contributed by atoms with Crippen LogP contribution >= 0.6 is 0 Å². The molecule has 0 bridgehead atoms. The van der Waals surface area contributed by atoms with Gasteiger partial charge in [-0.2, -0.15) is 5.10 Å². The Morgan fingerprint density at radius 1 is 1.36 bits per heavy atom. The lowest BCUT2D eigenvalue weighted by molar-refractivity contribution is 0.0948. The summed E-state index contributed by atoms with van der Waals surface area (Å²) >= 11 is 0. The van der Waals surface area contributed by atoms with Gasteiger partial charge in [-0.3, -0.25) is 14.7 Å². The fourth-order valence-electron chi connectivity index (χ4n) is 2.20. The molecule has 112 valence electrons. The summed E-state index contributed by atoms with van der Waals surface area (Å²) in [5, 5.41) is 10.5. The Morgan fingerprint density at radius 2 is 2.18 bits per heavy atom. The van der Waals surface area contributed by atoms with E-state index >= 15 is 0 Å². The molecule has 0 fully saturated rings. The second kappa shape index (κ2) is 5.44. The van der Waals surface area contributed by atoms with Crippen LogP contribution in [0.3, 0.4) is 0 Å². The Bertz CT molecular complexity index is 910. The van der Waals surface area contributed by atoms with Crippen molar-refractivity contribution in [2.45, 2.75) is 13.5 Å². The van der Waals surface area contributed by atoms with Crippen LogP contribution in [-0.2, 0) is 13.6 Å². The molecule has 3 aromatic rings. The smallest absolute Gasteiger partial charge is 0.263 e. The molecule has 0 unspecified atom stereocenters. The molecule has 0 radical (unpaired) electrons.